The van der Waals surface area contributed by atoms with Crippen molar-refractivity contribution in [3.05, 3.63) is 58.2 Å². The molecule has 3 rings (SSSR count). The van der Waals surface area contributed by atoms with Crippen LogP contribution in [0.1, 0.15) is 26.4 Å². The fourth-order valence-electron chi connectivity index (χ4n) is 2.53. The van der Waals surface area contributed by atoms with Crippen molar-refractivity contribution >= 4 is 45.6 Å². The number of aromatic nitrogens is 3. The number of hydrogen-bond donors (Lipinski definition) is 2. The lowest BCUT2D eigenvalue weighted by atomic mass is 10.1. The first-order chi connectivity index (χ1) is 12.9. The van der Waals surface area contributed by atoms with Crippen molar-refractivity contribution in [2.75, 3.05) is 17.7 Å². The van der Waals surface area contributed by atoms with Crippen LogP contribution in [0.25, 0.3) is 0 Å². The molecule has 0 radical (unpaired) electrons. The van der Waals surface area contributed by atoms with Crippen LogP contribution in [0.3, 0.4) is 0 Å². The van der Waals surface area contributed by atoms with E-state index in [-0.39, 0.29) is 0 Å². The minimum Gasteiger partial charge on any atom is -0.465 e. The maximum absolute atomic E-state index is 11.8. The molecule has 0 fully saturated rings. The maximum Gasteiger partial charge on any atom is 0.340 e. The molecule has 140 valence electrons. The van der Waals surface area contributed by atoms with E-state index in [1.807, 2.05) is 19.1 Å². The number of thiophene rings is 1. The summed E-state index contributed by atoms with van der Waals surface area (Å²) in [5.41, 5.74) is 2.79. The number of thiocarbonyl (C=S) groups is 1. The van der Waals surface area contributed by atoms with Gasteiger partial charge in [-0.1, -0.05) is 29.8 Å². The molecule has 0 spiro atoms. The third kappa shape index (κ3) is 4.89. The van der Waals surface area contributed by atoms with E-state index in [2.05, 4.69) is 39.8 Å². The number of esters is 1. The summed E-state index contributed by atoms with van der Waals surface area (Å²) in [6.07, 6.45) is 1.64. The second-order valence-electron chi connectivity index (χ2n) is 5.93. The van der Waals surface area contributed by atoms with E-state index in [4.69, 9.17) is 17.0 Å². The third-order valence-corrected chi connectivity index (χ3v) is 4.85. The van der Waals surface area contributed by atoms with E-state index in [1.165, 1.54) is 24.0 Å². The Morgan fingerprint density at radius 2 is 2.11 bits per heavy atom. The number of methoxy groups -OCH3 is 1. The van der Waals surface area contributed by atoms with Gasteiger partial charge < -0.3 is 10.1 Å². The van der Waals surface area contributed by atoms with Gasteiger partial charge in [-0.15, -0.1) is 16.4 Å². The van der Waals surface area contributed by atoms with Crippen molar-refractivity contribution in [2.24, 2.45) is 0 Å². The molecule has 9 heteroatoms. The van der Waals surface area contributed by atoms with E-state index in [0.717, 1.165) is 10.4 Å². The largest absolute Gasteiger partial charge is 0.465 e. The van der Waals surface area contributed by atoms with Crippen LogP contribution >= 0.6 is 23.6 Å². The lowest BCUT2D eigenvalue weighted by Crippen LogP contribution is -2.20. The molecular weight excluding hydrogens is 382 g/mol. The Morgan fingerprint density at radius 3 is 2.85 bits per heavy atom. The summed E-state index contributed by atoms with van der Waals surface area (Å²) in [5, 5.41) is 11.2. The Labute approximate surface area is 166 Å². The van der Waals surface area contributed by atoms with Crippen molar-refractivity contribution in [1.82, 2.24) is 14.8 Å². The quantitative estimate of drug-likeness (QED) is 0.499. The van der Waals surface area contributed by atoms with Crippen molar-refractivity contribution < 1.29 is 9.53 Å². The SMILES string of the molecule is COC(=O)c1cc(C)sc1NC(=S)Nc1ncn(Cc2cccc(C)c2)n1. The highest BCUT2D eigenvalue weighted by molar-refractivity contribution is 7.80. The Kier molecular flexibility index (Phi) is 5.82. The van der Waals surface area contributed by atoms with E-state index >= 15 is 0 Å². The number of carbonyl (C=O) groups is 1. The van der Waals surface area contributed by atoms with Crippen LogP contribution in [0, 0.1) is 13.8 Å². The topological polar surface area (TPSA) is 81.1 Å². The second kappa shape index (κ2) is 8.28. The van der Waals surface area contributed by atoms with Gasteiger partial charge in [-0.05, 0) is 37.7 Å². The summed E-state index contributed by atoms with van der Waals surface area (Å²) in [4.78, 5) is 17.0. The molecule has 27 heavy (non-hydrogen) atoms. The molecular formula is C18H19N5O2S2. The normalized spacial score (nSPS) is 10.5. The molecule has 0 unspecified atom stereocenters. The van der Waals surface area contributed by atoms with Gasteiger partial charge in [-0.2, -0.15) is 0 Å². The van der Waals surface area contributed by atoms with Gasteiger partial charge >= 0.3 is 5.97 Å². The van der Waals surface area contributed by atoms with Gasteiger partial charge in [-0.3, -0.25) is 5.32 Å². The fourth-order valence-corrected chi connectivity index (χ4v) is 3.69. The lowest BCUT2D eigenvalue weighted by Gasteiger charge is -2.07. The van der Waals surface area contributed by atoms with Crippen molar-refractivity contribution in [3.63, 3.8) is 0 Å². The van der Waals surface area contributed by atoms with Gasteiger partial charge in [0.15, 0.2) is 5.11 Å². The van der Waals surface area contributed by atoms with Crippen LogP contribution in [0.5, 0.6) is 0 Å². The molecule has 0 bridgehead atoms. The van der Waals surface area contributed by atoms with Gasteiger partial charge in [0, 0.05) is 4.88 Å². The highest BCUT2D eigenvalue weighted by Crippen LogP contribution is 2.28. The zero-order valence-electron chi connectivity index (χ0n) is 15.1. The molecule has 0 saturated carbocycles. The standard InChI is InChI=1S/C18H19N5O2S2/c1-11-5-4-6-13(7-11)9-23-10-19-17(22-23)21-18(26)20-15-14(16(24)25-3)8-12(2)27-15/h4-8,10H,9H2,1-3H3,(H2,20,21,22,26). The molecule has 2 aromatic heterocycles. The predicted octanol–water partition coefficient (Wildman–Crippen LogP) is 3.60. The first kappa shape index (κ1) is 19.0. The molecule has 1 aromatic carbocycles. The van der Waals surface area contributed by atoms with Gasteiger partial charge in [0.25, 0.3) is 0 Å². The molecule has 3 aromatic rings. The number of ether oxygens (including phenoxy) is 1. The van der Waals surface area contributed by atoms with Crippen LogP contribution < -0.4 is 10.6 Å². The number of benzene rings is 1. The maximum atomic E-state index is 11.8. The van der Waals surface area contributed by atoms with Crippen LogP contribution in [0.15, 0.2) is 36.7 Å². The number of aryl methyl sites for hydroxylation is 2. The number of anilines is 2. The summed E-state index contributed by atoms with van der Waals surface area (Å²) < 4.78 is 6.53. The molecule has 0 saturated heterocycles. The molecule has 2 heterocycles. The highest BCUT2D eigenvalue weighted by Gasteiger charge is 2.16. The Morgan fingerprint density at radius 1 is 1.30 bits per heavy atom. The Hall–Kier alpha value is -2.78. The van der Waals surface area contributed by atoms with Crippen LogP contribution in [-0.2, 0) is 11.3 Å². The minimum absolute atomic E-state index is 0.301. The average molecular weight is 402 g/mol. The first-order valence-corrected chi connectivity index (χ1v) is 9.39. The van der Waals surface area contributed by atoms with Crippen LogP contribution in [0.4, 0.5) is 10.9 Å². The van der Waals surface area contributed by atoms with Crippen molar-refractivity contribution in [1.29, 1.82) is 0 Å². The molecule has 2 N–H and O–H groups in total. The van der Waals surface area contributed by atoms with Gasteiger partial charge in [-0.25, -0.2) is 14.5 Å². The predicted molar refractivity (Wildman–Crippen MR) is 111 cm³/mol. The molecule has 0 aliphatic heterocycles. The number of nitrogens with one attached hydrogen (secondary N) is 2. The molecule has 0 amide bonds. The fraction of sp³-hybridized carbons (Fsp3) is 0.222. The number of nitrogens with zero attached hydrogens (tertiary/aromatic N) is 3. The van der Waals surface area contributed by atoms with Crippen LogP contribution in [-0.4, -0.2) is 33.0 Å². The van der Waals surface area contributed by atoms with E-state index in [0.29, 0.717) is 28.2 Å². The molecule has 0 aliphatic rings. The number of rotatable bonds is 5. The van der Waals surface area contributed by atoms with Crippen LogP contribution in [0.2, 0.25) is 0 Å². The van der Waals surface area contributed by atoms with Gasteiger partial charge in [0.1, 0.15) is 11.3 Å². The molecule has 7 nitrogen and oxygen atoms in total. The Balaban J connectivity index is 1.64. The average Bonchev–Trinajstić information content (AvgIpc) is 3.20. The summed E-state index contributed by atoms with van der Waals surface area (Å²) in [5.74, 6) is -0.0294. The van der Waals surface area contributed by atoms with Gasteiger partial charge in [0.05, 0.1) is 19.2 Å². The smallest absolute Gasteiger partial charge is 0.340 e. The molecule has 0 atom stereocenters. The lowest BCUT2D eigenvalue weighted by molar-refractivity contribution is 0.0602. The van der Waals surface area contributed by atoms with E-state index in [1.54, 1.807) is 17.1 Å². The highest BCUT2D eigenvalue weighted by atomic mass is 32.1. The van der Waals surface area contributed by atoms with E-state index < -0.39 is 5.97 Å². The second-order valence-corrected chi connectivity index (χ2v) is 7.59. The van der Waals surface area contributed by atoms with Gasteiger partial charge in [0.2, 0.25) is 5.95 Å². The first-order valence-electron chi connectivity index (χ1n) is 8.16. The van der Waals surface area contributed by atoms with Crippen molar-refractivity contribution in [2.45, 2.75) is 20.4 Å². The Bertz CT molecular complexity index is 980. The summed E-state index contributed by atoms with van der Waals surface area (Å²) in [7, 11) is 1.35. The summed E-state index contributed by atoms with van der Waals surface area (Å²) >= 11 is 6.73. The third-order valence-electron chi connectivity index (χ3n) is 3.68. The minimum atomic E-state index is -0.412. The number of carbonyl (C=O) groups excluding carboxylic acids is 1. The number of hydrogen-bond acceptors (Lipinski definition) is 6. The summed E-state index contributed by atoms with van der Waals surface area (Å²) in [6.45, 7) is 4.58. The zero-order chi connectivity index (χ0) is 19.4. The van der Waals surface area contributed by atoms with Crippen molar-refractivity contribution in [3.8, 4) is 0 Å². The monoisotopic (exact) mass is 401 g/mol. The molecule has 0 aliphatic carbocycles. The van der Waals surface area contributed by atoms with E-state index in [9.17, 15) is 4.79 Å². The zero-order valence-corrected chi connectivity index (χ0v) is 16.8. The summed E-state index contributed by atoms with van der Waals surface area (Å²) in [6, 6.07) is 9.98.